The lowest BCUT2D eigenvalue weighted by Crippen LogP contribution is -2.28. The van der Waals surface area contributed by atoms with Gasteiger partial charge in [0.05, 0.1) is 12.1 Å². The van der Waals surface area contributed by atoms with Crippen LogP contribution in [0.1, 0.15) is 15.9 Å². The molecule has 116 valence electrons. The minimum absolute atomic E-state index is 0.0530. The van der Waals surface area contributed by atoms with E-state index in [4.69, 9.17) is 27.9 Å². The third-order valence-electron chi connectivity index (χ3n) is 2.98. The van der Waals surface area contributed by atoms with E-state index in [1.165, 1.54) is 12.1 Å². The smallest absolute Gasteiger partial charge is 0.254 e. The van der Waals surface area contributed by atoms with E-state index in [0.717, 1.165) is 11.6 Å². The standard InChI is InChI=1S/C16H14Cl2FNO2/c1-10-2-4-12(9-14(10)18)22-7-6-20-16(21)13-5-3-11(17)8-15(13)19/h2-5,8-9H,6-7H2,1H3,(H,20,21). The molecule has 0 saturated heterocycles. The summed E-state index contributed by atoms with van der Waals surface area (Å²) in [7, 11) is 0. The van der Waals surface area contributed by atoms with Crippen molar-refractivity contribution in [2.45, 2.75) is 6.92 Å². The largest absolute Gasteiger partial charge is 0.492 e. The summed E-state index contributed by atoms with van der Waals surface area (Å²) in [6.07, 6.45) is 0. The number of hydrogen-bond acceptors (Lipinski definition) is 2. The molecule has 0 radical (unpaired) electrons. The maximum absolute atomic E-state index is 13.6. The van der Waals surface area contributed by atoms with E-state index in [2.05, 4.69) is 5.32 Å². The van der Waals surface area contributed by atoms with Gasteiger partial charge in [-0.2, -0.15) is 0 Å². The van der Waals surface area contributed by atoms with Crippen LogP contribution in [0.15, 0.2) is 36.4 Å². The number of halogens is 3. The molecule has 0 bridgehead atoms. The second kappa shape index (κ2) is 7.47. The highest BCUT2D eigenvalue weighted by atomic mass is 35.5. The van der Waals surface area contributed by atoms with Crippen LogP contribution in [0.2, 0.25) is 10.0 Å². The highest BCUT2D eigenvalue weighted by Crippen LogP contribution is 2.21. The maximum atomic E-state index is 13.6. The molecular formula is C16H14Cl2FNO2. The van der Waals surface area contributed by atoms with Crippen LogP contribution in [0.4, 0.5) is 4.39 Å². The summed E-state index contributed by atoms with van der Waals surface area (Å²) in [5, 5.41) is 3.44. The number of benzene rings is 2. The van der Waals surface area contributed by atoms with Crippen molar-refractivity contribution in [3.63, 3.8) is 0 Å². The van der Waals surface area contributed by atoms with Gasteiger partial charge in [0, 0.05) is 10.0 Å². The number of rotatable bonds is 5. The van der Waals surface area contributed by atoms with Crippen LogP contribution in [0.25, 0.3) is 0 Å². The van der Waals surface area contributed by atoms with Crippen LogP contribution in [0.5, 0.6) is 5.75 Å². The molecule has 0 fully saturated rings. The molecule has 0 spiro atoms. The minimum Gasteiger partial charge on any atom is -0.492 e. The molecule has 1 N–H and O–H groups in total. The Labute approximate surface area is 138 Å². The molecule has 2 aromatic rings. The Morgan fingerprint density at radius 3 is 2.68 bits per heavy atom. The zero-order chi connectivity index (χ0) is 16.1. The van der Waals surface area contributed by atoms with Gasteiger partial charge in [-0.1, -0.05) is 29.3 Å². The van der Waals surface area contributed by atoms with Gasteiger partial charge in [0.2, 0.25) is 0 Å². The molecule has 2 aromatic carbocycles. The van der Waals surface area contributed by atoms with Gasteiger partial charge in [0.1, 0.15) is 18.2 Å². The number of hydrogen-bond donors (Lipinski definition) is 1. The van der Waals surface area contributed by atoms with Crippen molar-refractivity contribution in [2.75, 3.05) is 13.2 Å². The second-order valence-corrected chi connectivity index (χ2v) is 5.48. The topological polar surface area (TPSA) is 38.3 Å². The monoisotopic (exact) mass is 341 g/mol. The van der Waals surface area contributed by atoms with Crippen LogP contribution >= 0.6 is 23.2 Å². The molecule has 0 aliphatic rings. The summed E-state index contributed by atoms with van der Waals surface area (Å²) in [5.74, 6) is -0.557. The molecule has 0 aromatic heterocycles. The molecule has 0 saturated carbocycles. The molecule has 3 nitrogen and oxygen atoms in total. The van der Waals surface area contributed by atoms with E-state index in [9.17, 15) is 9.18 Å². The molecule has 6 heteroatoms. The predicted molar refractivity (Wildman–Crippen MR) is 85.4 cm³/mol. The van der Waals surface area contributed by atoms with Gasteiger partial charge >= 0.3 is 0 Å². The lowest BCUT2D eigenvalue weighted by molar-refractivity contribution is 0.0943. The fourth-order valence-corrected chi connectivity index (χ4v) is 2.09. The molecule has 0 unspecified atom stereocenters. The van der Waals surface area contributed by atoms with E-state index in [1.54, 1.807) is 12.1 Å². The molecule has 2 rings (SSSR count). The number of nitrogens with one attached hydrogen (secondary N) is 1. The summed E-state index contributed by atoms with van der Waals surface area (Å²) in [4.78, 5) is 11.8. The van der Waals surface area contributed by atoms with Crippen molar-refractivity contribution < 1.29 is 13.9 Å². The van der Waals surface area contributed by atoms with Crippen molar-refractivity contribution in [1.29, 1.82) is 0 Å². The highest BCUT2D eigenvalue weighted by Gasteiger charge is 2.11. The molecule has 0 aliphatic carbocycles. The fourth-order valence-electron chi connectivity index (χ4n) is 1.77. The molecule has 1 amide bonds. The van der Waals surface area contributed by atoms with Crippen molar-refractivity contribution in [3.05, 3.63) is 63.4 Å². The van der Waals surface area contributed by atoms with Crippen LogP contribution < -0.4 is 10.1 Å². The summed E-state index contributed by atoms with van der Waals surface area (Å²) in [6.45, 7) is 2.39. The number of carbonyl (C=O) groups excluding carboxylic acids is 1. The van der Waals surface area contributed by atoms with Crippen molar-refractivity contribution in [2.24, 2.45) is 0 Å². The summed E-state index contributed by atoms with van der Waals surface area (Å²) in [5.41, 5.74) is 0.906. The zero-order valence-corrected chi connectivity index (χ0v) is 13.3. The van der Waals surface area contributed by atoms with Gasteiger partial charge in [-0.25, -0.2) is 4.39 Å². The zero-order valence-electron chi connectivity index (χ0n) is 11.8. The first-order valence-electron chi connectivity index (χ1n) is 6.59. The summed E-state index contributed by atoms with van der Waals surface area (Å²) >= 11 is 11.6. The van der Waals surface area contributed by atoms with Crippen LogP contribution in [0, 0.1) is 12.7 Å². The summed E-state index contributed by atoms with van der Waals surface area (Å²) < 4.78 is 19.0. The number of ether oxygens (including phenoxy) is 1. The first kappa shape index (κ1) is 16.6. The Hall–Kier alpha value is -1.78. The van der Waals surface area contributed by atoms with E-state index in [1.807, 2.05) is 13.0 Å². The Kier molecular flexibility index (Phi) is 5.63. The molecular weight excluding hydrogens is 328 g/mol. The number of carbonyl (C=O) groups is 1. The Bertz CT molecular complexity index is 692. The fraction of sp³-hybridized carbons (Fsp3) is 0.188. The van der Waals surface area contributed by atoms with Gasteiger partial charge < -0.3 is 10.1 Å². The molecule has 0 aliphatic heterocycles. The van der Waals surface area contributed by atoms with E-state index >= 15 is 0 Å². The average Bonchev–Trinajstić information content (AvgIpc) is 2.47. The van der Waals surface area contributed by atoms with Crippen LogP contribution in [0.3, 0.4) is 0 Å². The molecule has 22 heavy (non-hydrogen) atoms. The van der Waals surface area contributed by atoms with Crippen LogP contribution in [-0.2, 0) is 0 Å². The normalized spacial score (nSPS) is 10.4. The molecule has 0 heterocycles. The maximum Gasteiger partial charge on any atom is 0.254 e. The SMILES string of the molecule is Cc1ccc(OCCNC(=O)c2ccc(Cl)cc2F)cc1Cl. The molecule has 0 atom stereocenters. The Balaban J connectivity index is 1.83. The minimum atomic E-state index is -0.656. The van der Waals surface area contributed by atoms with E-state index < -0.39 is 11.7 Å². The van der Waals surface area contributed by atoms with Crippen molar-refractivity contribution >= 4 is 29.1 Å². The predicted octanol–water partition coefficient (Wildman–Crippen LogP) is 4.25. The third-order valence-corrected chi connectivity index (χ3v) is 3.62. The van der Waals surface area contributed by atoms with Crippen molar-refractivity contribution in [1.82, 2.24) is 5.32 Å². The van der Waals surface area contributed by atoms with E-state index in [-0.39, 0.29) is 23.7 Å². The first-order chi connectivity index (χ1) is 10.5. The van der Waals surface area contributed by atoms with E-state index in [0.29, 0.717) is 10.8 Å². The van der Waals surface area contributed by atoms with Gasteiger partial charge in [0.15, 0.2) is 0 Å². The van der Waals surface area contributed by atoms with Gasteiger partial charge in [-0.15, -0.1) is 0 Å². The quantitative estimate of drug-likeness (QED) is 0.825. The lowest BCUT2D eigenvalue weighted by Gasteiger charge is -2.09. The van der Waals surface area contributed by atoms with Gasteiger partial charge in [-0.05, 0) is 42.8 Å². The number of amides is 1. The highest BCUT2D eigenvalue weighted by molar-refractivity contribution is 6.31. The second-order valence-electron chi connectivity index (χ2n) is 4.64. The average molecular weight is 342 g/mol. The van der Waals surface area contributed by atoms with Gasteiger partial charge in [0.25, 0.3) is 5.91 Å². The van der Waals surface area contributed by atoms with Crippen molar-refractivity contribution in [3.8, 4) is 5.75 Å². The lowest BCUT2D eigenvalue weighted by atomic mass is 10.2. The third kappa shape index (κ3) is 4.36. The number of aryl methyl sites for hydroxylation is 1. The summed E-state index contributed by atoms with van der Waals surface area (Å²) in [6, 6.07) is 9.25. The Morgan fingerprint density at radius 1 is 1.23 bits per heavy atom. The Morgan fingerprint density at radius 2 is 2.00 bits per heavy atom. The van der Waals surface area contributed by atoms with Crippen LogP contribution in [-0.4, -0.2) is 19.1 Å². The van der Waals surface area contributed by atoms with Gasteiger partial charge in [-0.3, -0.25) is 4.79 Å². The first-order valence-corrected chi connectivity index (χ1v) is 7.35.